The highest BCUT2D eigenvalue weighted by molar-refractivity contribution is 7.09. The maximum atomic E-state index is 12.7. The van der Waals surface area contributed by atoms with Gasteiger partial charge >= 0.3 is 0 Å². The third kappa shape index (κ3) is 4.01. The standard InChI is InChI=1S/C17H20N2O2S/c1-12(2)19(10-8-16-18-9-11-22-16)17(21)15-6-4-14(5-7-15)13(3)20/h4-7,9,11-12H,8,10H2,1-3H3. The first kappa shape index (κ1) is 16.4. The molecule has 2 rings (SSSR count). The average Bonchev–Trinajstić information content (AvgIpc) is 3.00. The van der Waals surface area contributed by atoms with Crippen molar-refractivity contribution in [2.45, 2.75) is 33.2 Å². The molecule has 0 N–H and O–H groups in total. The van der Waals surface area contributed by atoms with Crippen LogP contribution in [0.15, 0.2) is 35.8 Å². The Balaban J connectivity index is 2.10. The molecule has 2 aromatic rings. The molecule has 1 aromatic carbocycles. The fourth-order valence-electron chi connectivity index (χ4n) is 2.20. The summed E-state index contributed by atoms with van der Waals surface area (Å²) >= 11 is 1.60. The van der Waals surface area contributed by atoms with Gasteiger partial charge in [-0.15, -0.1) is 11.3 Å². The van der Waals surface area contributed by atoms with Gasteiger partial charge in [0.2, 0.25) is 0 Å². The van der Waals surface area contributed by atoms with Crippen molar-refractivity contribution in [3.05, 3.63) is 52.0 Å². The van der Waals surface area contributed by atoms with Gasteiger partial charge in [-0.2, -0.15) is 0 Å². The number of nitrogens with zero attached hydrogens (tertiary/aromatic N) is 2. The van der Waals surface area contributed by atoms with Crippen LogP contribution in [0.5, 0.6) is 0 Å². The molecule has 0 radical (unpaired) electrons. The molecular formula is C17H20N2O2S. The summed E-state index contributed by atoms with van der Waals surface area (Å²) in [6.07, 6.45) is 2.54. The number of ketones is 1. The van der Waals surface area contributed by atoms with Gasteiger partial charge in [0.1, 0.15) is 0 Å². The number of aromatic nitrogens is 1. The number of hydrogen-bond donors (Lipinski definition) is 0. The molecule has 0 spiro atoms. The second-order valence-corrected chi connectivity index (χ2v) is 6.38. The second-order valence-electron chi connectivity index (χ2n) is 5.40. The number of carbonyl (C=O) groups excluding carboxylic acids is 2. The van der Waals surface area contributed by atoms with Gasteiger partial charge in [-0.3, -0.25) is 9.59 Å². The van der Waals surface area contributed by atoms with E-state index < -0.39 is 0 Å². The van der Waals surface area contributed by atoms with Crippen LogP contribution in [-0.2, 0) is 6.42 Å². The normalized spacial score (nSPS) is 10.7. The van der Waals surface area contributed by atoms with Crippen LogP contribution in [0.2, 0.25) is 0 Å². The molecule has 0 aliphatic heterocycles. The van der Waals surface area contributed by atoms with Gasteiger partial charge in [-0.05, 0) is 32.9 Å². The lowest BCUT2D eigenvalue weighted by atomic mass is 10.1. The third-order valence-corrected chi connectivity index (χ3v) is 4.31. The molecule has 1 heterocycles. The number of hydrogen-bond acceptors (Lipinski definition) is 4. The van der Waals surface area contributed by atoms with Crippen molar-refractivity contribution in [1.82, 2.24) is 9.88 Å². The fraction of sp³-hybridized carbons (Fsp3) is 0.353. The first-order valence-corrected chi connectivity index (χ1v) is 8.17. The predicted octanol–water partition coefficient (Wildman–Crippen LogP) is 3.44. The molecule has 0 bridgehead atoms. The molecule has 5 heteroatoms. The molecule has 0 unspecified atom stereocenters. The number of carbonyl (C=O) groups is 2. The molecule has 0 saturated carbocycles. The second kappa shape index (κ2) is 7.31. The summed E-state index contributed by atoms with van der Waals surface area (Å²) in [6.45, 7) is 6.16. The molecule has 0 atom stereocenters. The van der Waals surface area contributed by atoms with Crippen LogP contribution >= 0.6 is 11.3 Å². The van der Waals surface area contributed by atoms with Crippen LogP contribution in [0.3, 0.4) is 0 Å². The molecule has 0 fully saturated rings. The Morgan fingerprint density at radius 2 is 1.82 bits per heavy atom. The van der Waals surface area contributed by atoms with E-state index in [9.17, 15) is 9.59 Å². The molecule has 0 aliphatic rings. The summed E-state index contributed by atoms with van der Waals surface area (Å²) < 4.78 is 0. The van der Waals surface area contributed by atoms with Crippen molar-refractivity contribution < 1.29 is 9.59 Å². The van der Waals surface area contributed by atoms with Gasteiger partial charge in [0, 0.05) is 41.7 Å². The SMILES string of the molecule is CC(=O)c1ccc(C(=O)N(CCc2nccs2)C(C)C)cc1. The van der Waals surface area contributed by atoms with E-state index >= 15 is 0 Å². The van der Waals surface area contributed by atoms with E-state index in [0.29, 0.717) is 17.7 Å². The minimum absolute atomic E-state index is 0.00323. The maximum Gasteiger partial charge on any atom is 0.254 e. The molecule has 116 valence electrons. The van der Waals surface area contributed by atoms with E-state index in [1.165, 1.54) is 6.92 Å². The maximum absolute atomic E-state index is 12.7. The Labute approximate surface area is 134 Å². The van der Waals surface area contributed by atoms with Gasteiger partial charge in [0.25, 0.3) is 5.91 Å². The Hall–Kier alpha value is -2.01. The quantitative estimate of drug-likeness (QED) is 0.767. The number of benzene rings is 1. The van der Waals surface area contributed by atoms with Crippen LogP contribution in [0.4, 0.5) is 0 Å². The largest absolute Gasteiger partial charge is 0.336 e. The van der Waals surface area contributed by atoms with E-state index in [1.807, 2.05) is 24.1 Å². The molecule has 1 amide bonds. The number of amides is 1. The number of rotatable bonds is 6. The zero-order valence-corrected chi connectivity index (χ0v) is 13.9. The van der Waals surface area contributed by atoms with Gasteiger partial charge in [0.05, 0.1) is 5.01 Å². The van der Waals surface area contributed by atoms with Crippen LogP contribution in [0, 0.1) is 0 Å². The van der Waals surface area contributed by atoms with Crippen LogP contribution < -0.4 is 0 Å². The highest BCUT2D eigenvalue weighted by Gasteiger charge is 2.19. The molecule has 1 aromatic heterocycles. The third-order valence-electron chi connectivity index (χ3n) is 3.47. The van der Waals surface area contributed by atoms with Crippen LogP contribution in [0.1, 0.15) is 46.5 Å². The fourth-order valence-corrected chi connectivity index (χ4v) is 2.81. The number of Topliss-reactive ketones (excluding diaryl/α,β-unsaturated/α-hetero) is 1. The highest BCUT2D eigenvalue weighted by atomic mass is 32.1. The average molecular weight is 316 g/mol. The van der Waals surface area contributed by atoms with Crippen molar-refractivity contribution in [2.75, 3.05) is 6.54 Å². The lowest BCUT2D eigenvalue weighted by Crippen LogP contribution is -2.38. The first-order chi connectivity index (χ1) is 10.5. The zero-order chi connectivity index (χ0) is 16.1. The molecule has 4 nitrogen and oxygen atoms in total. The minimum Gasteiger partial charge on any atom is -0.336 e. The molecular weight excluding hydrogens is 296 g/mol. The predicted molar refractivity (Wildman–Crippen MR) is 88.4 cm³/mol. The Morgan fingerprint density at radius 1 is 1.18 bits per heavy atom. The topological polar surface area (TPSA) is 50.3 Å². The zero-order valence-electron chi connectivity index (χ0n) is 13.1. The van der Waals surface area contributed by atoms with Crippen molar-refractivity contribution in [2.24, 2.45) is 0 Å². The van der Waals surface area contributed by atoms with Crippen molar-refractivity contribution >= 4 is 23.0 Å². The van der Waals surface area contributed by atoms with E-state index in [-0.39, 0.29) is 17.7 Å². The van der Waals surface area contributed by atoms with E-state index in [0.717, 1.165) is 11.4 Å². The van der Waals surface area contributed by atoms with Gasteiger partial charge in [0.15, 0.2) is 5.78 Å². The minimum atomic E-state index is -0.0124. The van der Waals surface area contributed by atoms with Crippen LogP contribution in [-0.4, -0.2) is 34.2 Å². The van der Waals surface area contributed by atoms with Gasteiger partial charge in [-0.25, -0.2) is 4.98 Å². The monoisotopic (exact) mass is 316 g/mol. The summed E-state index contributed by atoms with van der Waals surface area (Å²) in [5, 5.41) is 2.97. The number of thiazole rings is 1. The first-order valence-electron chi connectivity index (χ1n) is 7.29. The van der Waals surface area contributed by atoms with Crippen LogP contribution in [0.25, 0.3) is 0 Å². The Bertz CT molecular complexity index is 633. The summed E-state index contributed by atoms with van der Waals surface area (Å²) in [7, 11) is 0. The summed E-state index contributed by atoms with van der Waals surface area (Å²) in [4.78, 5) is 30.0. The van der Waals surface area contributed by atoms with E-state index in [2.05, 4.69) is 4.98 Å². The lowest BCUT2D eigenvalue weighted by molar-refractivity contribution is 0.0707. The van der Waals surface area contributed by atoms with E-state index in [1.54, 1.807) is 41.8 Å². The van der Waals surface area contributed by atoms with Crippen molar-refractivity contribution in [3.8, 4) is 0 Å². The summed E-state index contributed by atoms with van der Waals surface area (Å²) in [6, 6.07) is 6.96. The molecule has 0 saturated heterocycles. The molecule has 0 aliphatic carbocycles. The van der Waals surface area contributed by atoms with Gasteiger partial charge < -0.3 is 4.90 Å². The van der Waals surface area contributed by atoms with Crippen molar-refractivity contribution in [1.29, 1.82) is 0 Å². The lowest BCUT2D eigenvalue weighted by Gasteiger charge is -2.26. The van der Waals surface area contributed by atoms with E-state index in [4.69, 9.17) is 0 Å². The van der Waals surface area contributed by atoms with Crippen molar-refractivity contribution in [3.63, 3.8) is 0 Å². The Kier molecular flexibility index (Phi) is 5.44. The summed E-state index contributed by atoms with van der Waals surface area (Å²) in [5.74, 6) is -0.00913. The smallest absolute Gasteiger partial charge is 0.254 e. The highest BCUT2D eigenvalue weighted by Crippen LogP contribution is 2.13. The molecule has 22 heavy (non-hydrogen) atoms. The summed E-state index contributed by atoms with van der Waals surface area (Å²) in [5.41, 5.74) is 1.23. The Morgan fingerprint density at radius 3 is 2.32 bits per heavy atom. The van der Waals surface area contributed by atoms with Gasteiger partial charge in [-0.1, -0.05) is 12.1 Å².